The number of benzene rings is 1. The van der Waals surface area contributed by atoms with Crippen LogP contribution in [0.2, 0.25) is 0 Å². The van der Waals surface area contributed by atoms with Gasteiger partial charge in [-0.3, -0.25) is 4.79 Å². The molecular formula is C16H16N4O2. The fraction of sp³-hybridized carbons (Fsp3) is 0.188. The maximum atomic E-state index is 12.6. The van der Waals surface area contributed by atoms with Crippen molar-refractivity contribution in [1.29, 1.82) is 0 Å². The summed E-state index contributed by atoms with van der Waals surface area (Å²) >= 11 is 0. The quantitative estimate of drug-likeness (QED) is 0.722. The highest BCUT2D eigenvalue weighted by Crippen LogP contribution is 2.18. The van der Waals surface area contributed by atoms with Gasteiger partial charge in [0, 0.05) is 29.3 Å². The number of imidazole rings is 2. The third kappa shape index (κ3) is 2.39. The van der Waals surface area contributed by atoms with E-state index >= 15 is 0 Å². The van der Waals surface area contributed by atoms with Crippen LogP contribution in [0.5, 0.6) is 0 Å². The fourth-order valence-corrected chi connectivity index (χ4v) is 2.49. The number of hydrogen-bond donors (Lipinski definition) is 2. The molecule has 2 N–H and O–H groups in total. The van der Waals surface area contributed by atoms with Crippen molar-refractivity contribution in [3.63, 3.8) is 0 Å². The maximum absolute atomic E-state index is 12.6. The zero-order valence-corrected chi connectivity index (χ0v) is 12.4. The number of nitrogens with zero attached hydrogens (tertiary/aromatic N) is 2. The molecule has 0 aliphatic carbocycles. The summed E-state index contributed by atoms with van der Waals surface area (Å²) in [4.78, 5) is 33.3. The van der Waals surface area contributed by atoms with Crippen LogP contribution < -0.4 is 5.69 Å². The van der Waals surface area contributed by atoms with Gasteiger partial charge in [0.05, 0.1) is 6.33 Å². The van der Waals surface area contributed by atoms with Crippen molar-refractivity contribution in [2.75, 3.05) is 0 Å². The normalized spacial score (nSPS) is 10.8. The van der Waals surface area contributed by atoms with Crippen molar-refractivity contribution in [3.8, 4) is 5.69 Å². The largest absolute Gasteiger partial charge is 0.323 e. The number of nitrogens with one attached hydrogen (secondary N) is 2. The second-order valence-corrected chi connectivity index (χ2v) is 5.08. The highest BCUT2D eigenvalue weighted by atomic mass is 16.1. The first kappa shape index (κ1) is 14.1. The highest BCUT2D eigenvalue weighted by molar-refractivity contribution is 6.09. The van der Waals surface area contributed by atoms with Gasteiger partial charge in [-0.25, -0.2) is 9.78 Å². The first-order valence-electron chi connectivity index (χ1n) is 7.05. The predicted molar refractivity (Wildman–Crippen MR) is 82.5 cm³/mol. The van der Waals surface area contributed by atoms with E-state index in [-0.39, 0.29) is 11.5 Å². The third-order valence-electron chi connectivity index (χ3n) is 3.64. The summed E-state index contributed by atoms with van der Waals surface area (Å²) in [7, 11) is 0. The molecule has 0 unspecified atom stereocenters. The zero-order chi connectivity index (χ0) is 15.7. The Morgan fingerprint density at radius 2 is 2.14 bits per heavy atom. The first-order chi connectivity index (χ1) is 10.6. The summed E-state index contributed by atoms with van der Waals surface area (Å²) < 4.78 is 1.87. The van der Waals surface area contributed by atoms with E-state index in [2.05, 4.69) is 15.0 Å². The van der Waals surface area contributed by atoms with Crippen LogP contribution in [0.4, 0.5) is 0 Å². The van der Waals surface area contributed by atoms with Crippen LogP contribution in [0.15, 0.2) is 41.7 Å². The SMILES string of the molecule is CCc1[nH]c(=O)[nH]c1C(=O)c1ccc(-n2ccnc2)cc1C. The molecule has 0 fully saturated rings. The lowest BCUT2D eigenvalue weighted by atomic mass is 10.0. The van der Waals surface area contributed by atoms with Gasteiger partial charge in [0.15, 0.2) is 0 Å². The van der Waals surface area contributed by atoms with Crippen LogP contribution in [-0.2, 0) is 6.42 Å². The van der Waals surface area contributed by atoms with Crippen LogP contribution in [-0.4, -0.2) is 25.3 Å². The monoisotopic (exact) mass is 296 g/mol. The smallest absolute Gasteiger partial charge is 0.309 e. The molecule has 0 spiro atoms. The van der Waals surface area contributed by atoms with Gasteiger partial charge in [-0.2, -0.15) is 0 Å². The lowest BCUT2D eigenvalue weighted by Gasteiger charge is -2.08. The molecule has 0 aliphatic heterocycles. The fourth-order valence-electron chi connectivity index (χ4n) is 2.49. The molecular weight excluding hydrogens is 280 g/mol. The summed E-state index contributed by atoms with van der Waals surface area (Å²) in [6, 6.07) is 5.56. The summed E-state index contributed by atoms with van der Waals surface area (Å²) in [6.07, 6.45) is 5.84. The third-order valence-corrected chi connectivity index (χ3v) is 3.64. The number of ketones is 1. The lowest BCUT2D eigenvalue weighted by molar-refractivity contribution is 0.103. The van der Waals surface area contributed by atoms with Crippen LogP contribution in [0.25, 0.3) is 5.69 Å². The zero-order valence-electron chi connectivity index (χ0n) is 12.4. The van der Waals surface area contributed by atoms with Crippen LogP contribution in [0.3, 0.4) is 0 Å². The second-order valence-electron chi connectivity index (χ2n) is 5.08. The summed E-state index contributed by atoms with van der Waals surface area (Å²) in [5.41, 5.74) is 2.98. The van der Waals surface area contributed by atoms with Crippen LogP contribution in [0.1, 0.15) is 34.2 Å². The van der Waals surface area contributed by atoms with Gasteiger partial charge in [-0.15, -0.1) is 0 Å². The topological polar surface area (TPSA) is 83.5 Å². The Balaban J connectivity index is 2.01. The molecule has 2 heterocycles. The molecule has 0 bridgehead atoms. The second kappa shape index (κ2) is 5.48. The van der Waals surface area contributed by atoms with E-state index in [1.165, 1.54) is 0 Å². The molecule has 1 aromatic carbocycles. The van der Waals surface area contributed by atoms with Crippen LogP contribution in [0, 0.1) is 6.92 Å². The van der Waals surface area contributed by atoms with Crippen molar-refractivity contribution in [1.82, 2.24) is 19.5 Å². The average molecular weight is 296 g/mol. The average Bonchev–Trinajstić information content (AvgIpc) is 3.15. The number of hydrogen-bond acceptors (Lipinski definition) is 3. The molecule has 2 aromatic heterocycles. The molecule has 22 heavy (non-hydrogen) atoms. The van der Waals surface area contributed by atoms with E-state index in [4.69, 9.17) is 0 Å². The summed E-state index contributed by atoms with van der Waals surface area (Å²) in [5.74, 6) is -0.176. The number of aromatic amines is 2. The number of aryl methyl sites for hydroxylation is 2. The minimum absolute atomic E-state index is 0.176. The number of carbonyl (C=O) groups is 1. The number of rotatable bonds is 4. The summed E-state index contributed by atoms with van der Waals surface area (Å²) in [6.45, 7) is 3.77. The first-order valence-corrected chi connectivity index (χ1v) is 7.05. The van der Waals surface area contributed by atoms with Gasteiger partial charge in [0.25, 0.3) is 0 Å². The van der Waals surface area contributed by atoms with Crippen molar-refractivity contribution < 1.29 is 4.79 Å². The molecule has 3 rings (SSSR count). The van der Waals surface area contributed by atoms with E-state index in [0.717, 1.165) is 11.3 Å². The standard InChI is InChI=1S/C16H16N4O2/c1-3-13-14(19-16(22)18-13)15(21)12-5-4-11(8-10(12)2)20-7-6-17-9-20/h4-9H,3H2,1-2H3,(H2,18,19,22). The van der Waals surface area contributed by atoms with Crippen molar-refractivity contribution in [2.45, 2.75) is 20.3 Å². The van der Waals surface area contributed by atoms with Gasteiger partial charge in [-0.1, -0.05) is 6.92 Å². The van der Waals surface area contributed by atoms with E-state index in [1.807, 2.05) is 36.7 Å². The molecule has 0 atom stereocenters. The van der Waals surface area contributed by atoms with E-state index in [1.54, 1.807) is 18.6 Å². The molecule has 0 amide bonds. The Morgan fingerprint density at radius 3 is 2.77 bits per heavy atom. The molecule has 3 aromatic rings. The molecule has 6 nitrogen and oxygen atoms in total. The summed E-state index contributed by atoms with van der Waals surface area (Å²) in [5, 5.41) is 0. The molecule has 112 valence electrons. The Kier molecular flexibility index (Phi) is 3.50. The highest BCUT2D eigenvalue weighted by Gasteiger charge is 2.18. The van der Waals surface area contributed by atoms with Gasteiger partial charge >= 0.3 is 5.69 Å². The predicted octanol–water partition coefficient (Wildman–Crippen LogP) is 1.99. The van der Waals surface area contributed by atoms with Crippen molar-refractivity contribution in [2.24, 2.45) is 0 Å². The Labute approximate surface area is 126 Å². The van der Waals surface area contributed by atoms with E-state index in [9.17, 15) is 9.59 Å². The number of H-pyrrole nitrogens is 2. The van der Waals surface area contributed by atoms with Crippen LogP contribution >= 0.6 is 0 Å². The Hall–Kier alpha value is -2.89. The van der Waals surface area contributed by atoms with E-state index < -0.39 is 0 Å². The van der Waals surface area contributed by atoms with Gasteiger partial charge in [0.2, 0.25) is 5.78 Å². The lowest BCUT2D eigenvalue weighted by Crippen LogP contribution is -2.09. The molecule has 0 saturated carbocycles. The van der Waals surface area contributed by atoms with Crippen molar-refractivity contribution in [3.05, 3.63) is 69.9 Å². The molecule has 0 saturated heterocycles. The Bertz CT molecular complexity index is 872. The minimum atomic E-state index is -0.354. The minimum Gasteiger partial charge on any atom is -0.309 e. The van der Waals surface area contributed by atoms with E-state index in [0.29, 0.717) is 23.4 Å². The number of aromatic nitrogens is 4. The van der Waals surface area contributed by atoms with Gasteiger partial charge in [-0.05, 0) is 37.1 Å². The molecule has 6 heteroatoms. The van der Waals surface area contributed by atoms with Gasteiger partial charge < -0.3 is 14.5 Å². The maximum Gasteiger partial charge on any atom is 0.323 e. The molecule has 0 aliphatic rings. The Morgan fingerprint density at radius 1 is 1.32 bits per heavy atom. The van der Waals surface area contributed by atoms with Crippen molar-refractivity contribution >= 4 is 5.78 Å². The number of carbonyl (C=O) groups excluding carboxylic acids is 1. The molecule has 0 radical (unpaired) electrons. The van der Waals surface area contributed by atoms with Gasteiger partial charge in [0.1, 0.15) is 5.69 Å².